The fourth-order valence-electron chi connectivity index (χ4n) is 2.74. The molecule has 2 rings (SSSR count). The van der Waals surface area contributed by atoms with E-state index in [2.05, 4.69) is 22.1 Å². The van der Waals surface area contributed by atoms with Gasteiger partial charge in [-0.3, -0.25) is 4.98 Å². The van der Waals surface area contributed by atoms with Crippen LogP contribution in [0, 0.1) is 13.8 Å². The second-order valence-electron chi connectivity index (χ2n) is 5.41. The molecule has 0 saturated carbocycles. The average molecular weight is 290 g/mol. The zero-order valence-electron chi connectivity index (χ0n) is 13.6. The first-order valence-corrected chi connectivity index (χ1v) is 7.69. The number of likely N-dealkylation sites (tertiary alicyclic amines) is 1. The van der Waals surface area contributed by atoms with Gasteiger partial charge in [-0.25, -0.2) is 4.99 Å². The van der Waals surface area contributed by atoms with Gasteiger partial charge in [0.15, 0.2) is 5.96 Å². The van der Waals surface area contributed by atoms with Crippen LogP contribution >= 0.6 is 0 Å². The largest absolute Gasteiger partial charge is 0.496 e. The molecule has 5 nitrogen and oxygen atoms in total. The van der Waals surface area contributed by atoms with Crippen molar-refractivity contribution in [2.45, 2.75) is 40.2 Å². The van der Waals surface area contributed by atoms with Gasteiger partial charge in [0, 0.05) is 37.0 Å². The van der Waals surface area contributed by atoms with Crippen molar-refractivity contribution in [1.82, 2.24) is 15.2 Å². The van der Waals surface area contributed by atoms with Crippen LogP contribution in [0.15, 0.2) is 11.2 Å². The molecule has 0 spiro atoms. The maximum absolute atomic E-state index is 5.46. The summed E-state index contributed by atoms with van der Waals surface area (Å²) in [6.07, 6.45) is 4.36. The molecule has 21 heavy (non-hydrogen) atoms. The SMILES string of the molecule is CCNC(=NCc1ncc(C)c(OC)c1C)N1CCCC1. The number of pyridine rings is 1. The second kappa shape index (κ2) is 7.29. The average Bonchev–Trinajstić information content (AvgIpc) is 2.99. The Morgan fingerprint density at radius 3 is 2.71 bits per heavy atom. The highest BCUT2D eigenvalue weighted by molar-refractivity contribution is 5.80. The van der Waals surface area contributed by atoms with Crippen LogP contribution in [-0.2, 0) is 6.54 Å². The van der Waals surface area contributed by atoms with Gasteiger partial charge in [0.05, 0.1) is 19.3 Å². The lowest BCUT2D eigenvalue weighted by Crippen LogP contribution is -2.39. The zero-order chi connectivity index (χ0) is 15.2. The molecule has 0 atom stereocenters. The summed E-state index contributed by atoms with van der Waals surface area (Å²) in [7, 11) is 1.71. The van der Waals surface area contributed by atoms with E-state index < -0.39 is 0 Å². The van der Waals surface area contributed by atoms with Gasteiger partial charge in [-0.15, -0.1) is 0 Å². The fourth-order valence-corrected chi connectivity index (χ4v) is 2.74. The number of nitrogens with zero attached hydrogens (tertiary/aromatic N) is 3. The Morgan fingerprint density at radius 1 is 1.38 bits per heavy atom. The minimum absolute atomic E-state index is 0.585. The Kier molecular flexibility index (Phi) is 5.42. The summed E-state index contributed by atoms with van der Waals surface area (Å²) < 4.78 is 5.46. The van der Waals surface area contributed by atoms with E-state index in [0.29, 0.717) is 6.54 Å². The van der Waals surface area contributed by atoms with Crippen molar-refractivity contribution in [2.24, 2.45) is 4.99 Å². The van der Waals surface area contributed by atoms with Crippen molar-refractivity contribution in [3.8, 4) is 5.75 Å². The summed E-state index contributed by atoms with van der Waals surface area (Å²) in [6.45, 7) is 9.82. The van der Waals surface area contributed by atoms with Gasteiger partial charge in [-0.2, -0.15) is 0 Å². The van der Waals surface area contributed by atoms with Crippen molar-refractivity contribution in [3.05, 3.63) is 23.0 Å². The summed E-state index contributed by atoms with van der Waals surface area (Å²) in [5, 5.41) is 3.37. The molecule has 0 unspecified atom stereocenters. The first-order chi connectivity index (χ1) is 10.2. The number of ether oxygens (including phenoxy) is 1. The maximum atomic E-state index is 5.46. The highest BCUT2D eigenvalue weighted by atomic mass is 16.5. The second-order valence-corrected chi connectivity index (χ2v) is 5.41. The highest BCUT2D eigenvalue weighted by Crippen LogP contribution is 2.24. The number of aromatic nitrogens is 1. The van der Waals surface area contributed by atoms with Crippen molar-refractivity contribution in [2.75, 3.05) is 26.7 Å². The van der Waals surface area contributed by atoms with E-state index in [-0.39, 0.29) is 0 Å². The molecule has 1 aliphatic heterocycles. The van der Waals surface area contributed by atoms with Crippen LogP contribution in [0.1, 0.15) is 36.6 Å². The van der Waals surface area contributed by atoms with E-state index in [9.17, 15) is 0 Å². The Bertz CT molecular complexity index is 507. The van der Waals surface area contributed by atoms with Gasteiger partial charge >= 0.3 is 0 Å². The molecular weight excluding hydrogens is 264 g/mol. The molecule has 1 N–H and O–H groups in total. The Balaban J connectivity index is 2.17. The predicted octanol–water partition coefficient (Wildman–Crippen LogP) is 2.27. The minimum Gasteiger partial charge on any atom is -0.496 e. The van der Waals surface area contributed by atoms with Gasteiger partial charge in [0.1, 0.15) is 5.75 Å². The molecule has 1 aromatic heterocycles. The number of hydrogen-bond donors (Lipinski definition) is 1. The van der Waals surface area contributed by atoms with Crippen LogP contribution in [-0.4, -0.2) is 42.6 Å². The van der Waals surface area contributed by atoms with Gasteiger partial charge in [-0.1, -0.05) is 0 Å². The minimum atomic E-state index is 0.585. The van der Waals surface area contributed by atoms with Gasteiger partial charge in [-0.05, 0) is 33.6 Å². The number of rotatable bonds is 4. The third kappa shape index (κ3) is 3.65. The summed E-state index contributed by atoms with van der Waals surface area (Å²) in [4.78, 5) is 11.6. The number of hydrogen-bond acceptors (Lipinski definition) is 3. The van der Waals surface area contributed by atoms with Gasteiger partial charge < -0.3 is 15.0 Å². The third-order valence-electron chi connectivity index (χ3n) is 3.87. The fraction of sp³-hybridized carbons (Fsp3) is 0.625. The number of nitrogens with one attached hydrogen (secondary N) is 1. The molecule has 0 radical (unpaired) electrons. The normalized spacial score (nSPS) is 15.4. The lowest BCUT2D eigenvalue weighted by atomic mass is 10.1. The topological polar surface area (TPSA) is 49.8 Å². The highest BCUT2D eigenvalue weighted by Gasteiger charge is 2.16. The van der Waals surface area contributed by atoms with E-state index in [1.54, 1.807) is 7.11 Å². The van der Waals surface area contributed by atoms with E-state index >= 15 is 0 Å². The van der Waals surface area contributed by atoms with E-state index in [1.165, 1.54) is 12.8 Å². The lowest BCUT2D eigenvalue weighted by Gasteiger charge is -2.21. The molecule has 0 aromatic carbocycles. The van der Waals surface area contributed by atoms with Crippen LogP contribution in [0.2, 0.25) is 0 Å². The standard InChI is InChI=1S/C16H26N4O/c1-5-17-16(20-8-6-7-9-20)19-11-14-13(3)15(21-4)12(2)10-18-14/h10H,5-9,11H2,1-4H3,(H,17,19). The molecule has 0 amide bonds. The maximum Gasteiger partial charge on any atom is 0.194 e. The third-order valence-corrected chi connectivity index (χ3v) is 3.87. The first-order valence-electron chi connectivity index (χ1n) is 7.69. The Hall–Kier alpha value is -1.78. The summed E-state index contributed by atoms with van der Waals surface area (Å²) in [5.74, 6) is 1.91. The van der Waals surface area contributed by atoms with Crippen molar-refractivity contribution in [1.29, 1.82) is 0 Å². The van der Waals surface area contributed by atoms with Gasteiger partial charge in [0.2, 0.25) is 0 Å². The molecule has 5 heteroatoms. The van der Waals surface area contributed by atoms with Crippen molar-refractivity contribution >= 4 is 5.96 Å². The lowest BCUT2D eigenvalue weighted by molar-refractivity contribution is 0.407. The zero-order valence-corrected chi connectivity index (χ0v) is 13.6. The Morgan fingerprint density at radius 2 is 2.10 bits per heavy atom. The number of methoxy groups -OCH3 is 1. The molecule has 1 aliphatic rings. The number of aryl methyl sites for hydroxylation is 1. The molecular formula is C16H26N4O. The molecule has 0 aliphatic carbocycles. The molecule has 2 heterocycles. The molecule has 0 bridgehead atoms. The summed E-state index contributed by atoms with van der Waals surface area (Å²) in [5.41, 5.74) is 3.12. The summed E-state index contributed by atoms with van der Waals surface area (Å²) in [6, 6.07) is 0. The summed E-state index contributed by atoms with van der Waals surface area (Å²) >= 11 is 0. The predicted molar refractivity (Wildman–Crippen MR) is 85.9 cm³/mol. The smallest absolute Gasteiger partial charge is 0.194 e. The van der Waals surface area contributed by atoms with Gasteiger partial charge in [0.25, 0.3) is 0 Å². The quantitative estimate of drug-likeness (QED) is 0.682. The molecule has 1 saturated heterocycles. The van der Waals surface area contributed by atoms with Crippen LogP contribution in [0.4, 0.5) is 0 Å². The van der Waals surface area contributed by atoms with Crippen LogP contribution in [0.25, 0.3) is 0 Å². The van der Waals surface area contributed by atoms with Crippen LogP contribution < -0.4 is 10.1 Å². The Labute approximate surface area is 127 Å². The van der Waals surface area contributed by atoms with Crippen LogP contribution in [0.3, 0.4) is 0 Å². The van der Waals surface area contributed by atoms with Crippen molar-refractivity contribution in [3.63, 3.8) is 0 Å². The van der Waals surface area contributed by atoms with E-state index in [1.807, 2.05) is 20.0 Å². The van der Waals surface area contributed by atoms with E-state index in [0.717, 1.165) is 48.2 Å². The van der Waals surface area contributed by atoms with Crippen LogP contribution in [0.5, 0.6) is 5.75 Å². The number of aliphatic imine (C=N–C) groups is 1. The van der Waals surface area contributed by atoms with Crippen molar-refractivity contribution < 1.29 is 4.74 Å². The first kappa shape index (κ1) is 15.6. The number of guanidine groups is 1. The molecule has 1 fully saturated rings. The molecule has 116 valence electrons. The monoisotopic (exact) mass is 290 g/mol. The molecule has 1 aromatic rings. The van der Waals surface area contributed by atoms with E-state index in [4.69, 9.17) is 9.73 Å².